The number of aromatic nitrogens is 4. The zero-order chi connectivity index (χ0) is 23.7. The second-order valence-electron chi connectivity index (χ2n) is 8.58. The lowest BCUT2D eigenvalue weighted by Gasteiger charge is -2.34. The SMILES string of the molecule is Cc1nn(C)c2cc(NC(=O)c3cocn3)c(N3CCC(COc4ccnc(N)c4)CC3)cc12. The van der Waals surface area contributed by atoms with Crippen molar-refractivity contribution in [3.63, 3.8) is 0 Å². The molecule has 1 aliphatic rings. The largest absolute Gasteiger partial charge is 0.493 e. The van der Waals surface area contributed by atoms with Crippen molar-refractivity contribution in [3.05, 3.63) is 54.5 Å². The minimum atomic E-state index is -0.312. The number of rotatable bonds is 6. The molecule has 1 saturated heterocycles. The highest BCUT2D eigenvalue weighted by atomic mass is 16.5. The van der Waals surface area contributed by atoms with Crippen molar-refractivity contribution in [3.8, 4) is 5.75 Å². The summed E-state index contributed by atoms with van der Waals surface area (Å²) in [6.45, 7) is 4.33. The lowest BCUT2D eigenvalue weighted by molar-refractivity contribution is 0.102. The fourth-order valence-corrected chi connectivity index (χ4v) is 4.41. The number of hydrogen-bond acceptors (Lipinski definition) is 8. The molecule has 1 aromatic carbocycles. The topological polar surface area (TPSA) is 124 Å². The number of nitrogen functional groups attached to an aromatic ring is 1. The zero-order valence-electron chi connectivity index (χ0n) is 19.2. The molecule has 34 heavy (non-hydrogen) atoms. The van der Waals surface area contributed by atoms with Gasteiger partial charge in [0.1, 0.15) is 17.8 Å². The number of anilines is 3. The van der Waals surface area contributed by atoms with E-state index >= 15 is 0 Å². The summed E-state index contributed by atoms with van der Waals surface area (Å²) in [5.41, 5.74) is 9.58. The average molecular weight is 462 g/mol. The number of aryl methyl sites for hydroxylation is 2. The minimum Gasteiger partial charge on any atom is -0.493 e. The number of hydrogen-bond donors (Lipinski definition) is 2. The van der Waals surface area contributed by atoms with Crippen LogP contribution in [0.1, 0.15) is 29.0 Å². The number of nitrogens with two attached hydrogens (primary N) is 1. The maximum absolute atomic E-state index is 12.7. The van der Waals surface area contributed by atoms with E-state index in [0.717, 1.165) is 59.7 Å². The van der Waals surface area contributed by atoms with Gasteiger partial charge in [0.25, 0.3) is 5.91 Å². The van der Waals surface area contributed by atoms with E-state index in [1.807, 2.05) is 30.8 Å². The highest BCUT2D eigenvalue weighted by molar-refractivity contribution is 6.06. The number of carbonyl (C=O) groups is 1. The quantitative estimate of drug-likeness (QED) is 0.448. The molecule has 1 fully saturated rings. The highest BCUT2D eigenvalue weighted by Crippen LogP contribution is 2.35. The minimum absolute atomic E-state index is 0.236. The van der Waals surface area contributed by atoms with Crippen LogP contribution in [-0.4, -0.2) is 45.4 Å². The molecule has 0 spiro atoms. The average Bonchev–Trinajstić information content (AvgIpc) is 3.46. The van der Waals surface area contributed by atoms with Crippen LogP contribution in [0.3, 0.4) is 0 Å². The van der Waals surface area contributed by atoms with E-state index in [1.54, 1.807) is 12.3 Å². The summed E-state index contributed by atoms with van der Waals surface area (Å²) in [6.07, 6.45) is 6.18. The van der Waals surface area contributed by atoms with Gasteiger partial charge in [-0.25, -0.2) is 9.97 Å². The van der Waals surface area contributed by atoms with Crippen LogP contribution in [0, 0.1) is 12.8 Å². The number of piperidine rings is 1. The molecule has 1 aliphatic heterocycles. The Bertz CT molecular complexity index is 1310. The van der Waals surface area contributed by atoms with Crippen LogP contribution in [0.4, 0.5) is 17.2 Å². The molecule has 0 saturated carbocycles. The fourth-order valence-electron chi connectivity index (χ4n) is 4.41. The van der Waals surface area contributed by atoms with Crippen LogP contribution >= 0.6 is 0 Å². The molecule has 3 aromatic heterocycles. The maximum Gasteiger partial charge on any atom is 0.277 e. The Labute approximate surface area is 196 Å². The van der Waals surface area contributed by atoms with E-state index in [0.29, 0.717) is 18.3 Å². The summed E-state index contributed by atoms with van der Waals surface area (Å²) in [5, 5.41) is 8.63. The van der Waals surface area contributed by atoms with E-state index in [9.17, 15) is 4.79 Å². The van der Waals surface area contributed by atoms with E-state index < -0.39 is 0 Å². The molecule has 4 heterocycles. The van der Waals surface area contributed by atoms with E-state index in [-0.39, 0.29) is 11.6 Å². The van der Waals surface area contributed by atoms with Crippen molar-refractivity contribution in [1.82, 2.24) is 19.7 Å². The van der Waals surface area contributed by atoms with E-state index in [4.69, 9.17) is 14.9 Å². The number of pyridine rings is 1. The zero-order valence-corrected chi connectivity index (χ0v) is 19.2. The van der Waals surface area contributed by atoms with Gasteiger partial charge in [-0.15, -0.1) is 0 Å². The number of carbonyl (C=O) groups excluding carboxylic acids is 1. The van der Waals surface area contributed by atoms with Gasteiger partial charge in [0.2, 0.25) is 0 Å². The van der Waals surface area contributed by atoms with Crippen molar-refractivity contribution >= 4 is 34.0 Å². The molecule has 0 bridgehead atoms. The van der Waals surface area contributed by atoms with Gasteiger partial charge in [-0.3, -0.25) is 9.48 Å². The summed E-state index contributed by atoms with van der Waals surface area (Å²) in [6, 6.07) is 7.66. The van der Waals surface area contributed by atoms with Crippen molar-refractivity contribution in [2.24, 2.45) is 13.0 Å². The number of nitrogens with one attached hydrogen (secondary N) is 1. The normalized spacial score (nSPS) is 14.5. The summed E-state index contributed by atoms with van der Waals surface area (Å²) < 4.78 is 12.7. The highest BCUT2D eigenvalue weighted by Gasteiger charge is 2.24. The predicted octanol–water partition coefficient (Wildman–Crippen LogP) is 3.39. The Hall–Kier alpha value is -4.08. The van der Waals surface area contributed by atoms with Crippen molar-refractivity contribution in [1.29, 1.82) is 0 Å². The number of benzene rings is 1. The van der Waals surface area contributed by atoms with Crippen LogP contribution < -0.4 is 20.7 Å². The van der Waals surface area contributed by atoms with Gasteiger partial charge in [0, 0.05) is 37.8 Å². The smallest absolute Gasteiger partial charge is 0.277 e. The van der Waals surface area contributed by atoms with Crippen LogP contribution in [-0.2, 0) is 7.05 Å². The molecular weight excluding hydrogens is 434 g/mol. The van der Waals surface area contributed by atoms with Gasteiger partial charge in [0.15, 0.2) is 12.1 Å². The lowest BCUT2D eigenvalue weighted by Crippen LogP contribution is -2.36. The summed E-state index contributed by atoms with van der Waals surface area (Å²) in [4.78, 5) is 23.0. The Morgan fingerprint density at radius 2 is 2.09 bits per heavy atom. The second-order valence-corrected chi connectivity index (χ2v) is 8.58. The molecule has 0 atom stereocenters. The predicted molar refractivity (Wildman–Crippen MR) is 129 cm³/mol. The Morgan fingerprint density at radius 1 is 1.26 bits per heavy atom. The Morgan fingerprint density at radius 3 is 2.82 bits per heavy atom. The van der Waals surface area contributed by atoms with Crippen LogP contribution in [0.15, 0.2) is 47.5 Å². The number of oxazole rings is 1. The first-order valence-electron chi connectivity index (χ1n) is 11.2. The number of ether oxygens (including phenoxy) is 1. The molecule has 4 aromatic rings. The second kappa shape index (κ2) is 9.05. The monoisotopic (exact) mass is 461 g/mol. The molecule has 0 aliphatic carbocycles. The molecule has 10 heteroatoms. The first kappa shape index (κ1) is 21.7. The Kier molecular flexibility index (Phi) is 5.79. The number of amides is 1. The molecule has 0 unspecified atom stereocenters. The Balaban J connectivity index is 1.34. The third-order valence-electron chi connectivity index (χ3n) is 6.26. The molecule has 0 radical (unpaired) electrons. The summed E-state index contributed by atoms with van der Waals surface area (Å²) >= 11 is 0. The van der Waals surface area contributed by atoms with Crippen molar-refractivity contribution in [2.75, 3.05) is 35.6 Å². The molecular formula is C24H27N7O3. The number of fused-ring (bicyclic) bond motifs is 1. The van der Waals surface area contributed by atoms with Gasteiger partial charge in [-0.1, -0.05) is 0 Å². The van der Waals surface area contributed by atoms with E-state index in [2.05, 4.69) is 31.3 Å². The third-order valence-corrected chi connectivity index (χ3v) is 6.26. The molecule has 10 nitrogen and oxygen atoms in total. The lowest BCUT2D eigenvalue weighted by atomic mass is 9.97. The molecule has 176 valence electrons. The third kappa shape index (κ3) is 4.39. The fraction of sp³-hybridized carbons (Fsp3) is 0.333. The molecule has 1 amide bonds. The van der Waals surface area contributed by atoms with Crippen LogP contribution in [0.2, 0.25) is 0 Å². The summed E-state index contributed by atoms with van der Waals surface area (Å²) in [5.74, 6) is 1.31. The van der Waals surface area contributed by atoms with Gasteiger partial charge in [-0.05, 0) is 43.9 Å². The maximum atomic E-state index is 12.7. The van der Waals surface area contributed by atoms with Crippen molar-refractivity contribution < 1.29 is 13.9 Å². The van der Waals surface area contributed by atoms with E-state index in [1.165, 1.54) is 12.7 Å². The number of nitrogens with zero attached hydrogens (tertiary/aromatic N) is 5. The van der Waals surface area contributed by atoms with Crippen LogP contribution in [0.25, 0.3) is 10.9 Å². The molecule has 3 N–H and O–H groups in total. The first-order chi connectivity index (χ1) is 16.5. The van der Waals surface area contributed by atoms with Gasteiger partial charge in [-0.2, -0.15) is 5.10 Å². The van der Waals surface area contributed by atoms with Gasteiger partial charge in [0.05, 0.1) is 29.2 Å². The van der Waals surface area contributed by atoms with Gasteiger partial charge >= 0.3 is 0 Å². The van der Waals surface area contributed by atoms with Crippen molar-refractivity contribution in [2.45, 2.75) is 19.8 Å². The molecule has 5 rings (SSSR count). The van der Waals surface area contributed by atoms with Crippen LogP contribution in [0.5, 0.6) is 5.75 Å². The summed E-state index contributed by atoms with van der Waals surface area (Å²) in [7, 11) is 1.90. The first-order valence-corrected chi connectivity index (χ1v) is 11.2. The van der Waals surface area contributed by atoms with Gasteiger partial charge < -0.3 is 25.1 Å². The standard InChI is InChI=1S/C24H27N7O3/c1-15-18-10-22(19(11-21(18)30(2)29-15)28-24(32)20-13-33-14-27-20)31-7-4-16(5-8-31)12-34-17-3-6-26-23(25)9-17/h3,6,9-11,13-14,16H,4-5,7-8,12H2,1-2H3,(H2,25,26)(H,28,32).